The topological polar surface area (TPSA) is 44.8 Å². The first-order chi connectivity index (χ1) is 5.79. The van der Waals surface area contributed by atoms with Gasteiger partial charge in [-0.15, -0.1) is 0 Å². The second kappa shape index (κ2) is 5.11. The molecule has 1 aliphatic heterocycles. The van der Waals surface area contributed by atoms with Crippen molar-refractivity contribution in [1.29, 1.82) is 0 Å². The van der Waals surface area contributed by atoms with E-state index in [1.807, 2.05) is 0 Å². The molecule has 0 saturated carbocycles. The minimum atomic E-state index is -0.272. The Kier molecular flexibility index (Phi) is 4.04. The predicted molar refractivity (Wildman–Crippen MR) is 41.6 cm³/mol. The van der Waals surface area contributed by atoms with Gasteiger partial charge in [-0.25, -0.2) is 0 Å². The van der Waals surface area contributed by atoms with Gasteiger partial charge in [-0.05, 0) is 6.42 Å². The molecular formula is C8H14O4. The summed E-state index contributed by atoms with van der Waals surface area (Å²) in [6.45, 7) is 2.89. The van der Waals surface area contributed by atoms with Crippen LogP contribution >= 0.6 is 0 Å². The summed E-state index contributed by atoms with van der Waals surface area (Å²) >= 11 is 0. The standard InChI is InChI=1S/C8H14O4/c1-7(9)10-5-6-12-8-3-2-4-11-8/h8H,2-6H2,1H3/t8-/m1/s1. The Balaban J connectivity index is 1.91. The van der Waals surface area contributed by atoms with Crippen LogP contribution in [0.3, 0.4) is 0 Å². The van der Waals surface area contributed by atoms with Crippen LogP contribution < -0.4 is 0 Å². The molecule has 1 atom stereocenters. The minimum absolute atomic E-state index is 0.0828. The number of carbonyl (C=O) groups excluding carboxylic acids is 1. The molecular weight excluding hydrogens is 160 g/mol. The van der Waals surface area contributed by atoms with Crippen molar-refractivity contribution in [1.82, 2.24) is 0 Å². The number of esters is 1. The number of rotatable bonds is 4. The first-order valence-electron chi connectivity index (χ1n) is 4.15. The molecule has 0 radical (unpaired) electrons. The van der Waals surface area contributed by atoms with Gasteiger partial charge in [0.25, 0.3) is 0 Å². The largest absolute Gasteiger partial charge is 0.463 e. The van der Waals surface area contributed by atoms with Crippen molar-refractivity contribution in [2.45, 2.75) is 26.1 Å². The summed E-state index contributed by atoms with van der Waals surface area (Å²) in [5.41, 5.74) is 0. The van der Waals surface area contributed by atoms with Crippen LogP contribution in [0.25, 0.3) is 0 Å². The maximum atomic E-state index is 10.3. The summed E-state index contributed by atoms with van der Waals surface area (Å²) in [7, 11) is 0. The molecule has 0 unspecified atom stereocenters. The average Bonchev–Trinajstić information content (AvgIpc) is 2.49. The first-order valence-corrected chi connectivity index (χ1v) is 4.15. The van der Waals surface area contributed by atoms with Crippen LogP contribution in [0.2, 0.25) is 0 Å². The van der Waals surface area contributed by atoms with Crippen molar-refractivity contribution >= 4 is 5.97 Å². The van der Waals surface area contributed by atoms with E-state index < -0.39 is 0 Å². The van der Waals surface area contributed by atoms with E-state index in [4.69, 9.17) is 9.47 Å². The highest BCUT2D eigenvalue weighted by Crippen LogP contribution is 2.12. The van der Waals surface area contributed by atoms with E-state index in [1.165, 1.54) is 6.92 Å². The third-order valence-electron chi connectivity index (χ3n) is 1.58. The number of ether oxygens (including phenoxy) is 3. The van der Waals surface area contributed by atoms with Crippen LogP contribution in [0.1, 0.15) is 19.8 Å². The van der Waals surface area contributed by atoms with Gasteiger partial charge in [-0.2, -0.15) is 0 Å². The van der Waals surface area contributed by atoms with E-state index in [9.17, 15) is 4.79 Å². The van der Waals surface area contributed by atoms with Crippen molar-refractivity contribution < 1.29 is 19.0 Å². The predicted octanol–water partition coefficient (Wildman–Crippen LogP) is 0.703. The highest BCUT2D eigenvalue weighted by atomic mass is 16.7. The SMILES string of the molecule is CC(=O)OCCO[C@@H]1CCCO1. The lowest BCUT2D eigenvalue weighted by Gasteiger charge is -2.10. The summed E-state index contributed by atoms with van der Waals surface area (Å²) < 4.78 is 15.1. The molecule has 0 aromatic carbocycles. The van der Waals surface area contributed by atoms with Gasteiger partial charge in [-0.1, -0.05) is 0 Å². The molecule has 4 nitrogen and oxygen atoms in total. The van der Waals surface area contributed by atoms with Crippen molar-refractivity contribution in [2.75, 3.05) is 19.8 Å². The molecule has 1 saturated heterocycles. The van der Waals surface area contributed by atoms with E-state index in [0.717, 1.165) is 19.4 Å². The quantitative estimate of drug-likeness (QED) is 0.465. The molecule has 4 heteroatoms. The van der Waals surface area contributed by atoms with Crippen LogP contribution in [0, 0.1) is 0 Å². The Morgan fingerprint density at radius 3 is 3.00 bits per heavy atom. The molecule has 12 heavy (non-hydrogen) atoms. The fourth-order valence-electron chi connectivity index (χ4n) is 1.04. The Morgan fingerprint density at radius 1 is 1.58 bits per heavy atom. The molecule has 1 heterocycles. The van der Waals surface area contributed by atoms with Crippen molar-refractivity contribution in [2.24, 2.45) is 0 Å². The van der Waals surface area contributed by atoms with Crippen LogP contribution in [-0.2, 0) is 19.0 Å². The Labute approximate surface area is 71.8 Å². The molecule has 0 amide bonds. The number of hydrogen-bond acceptors (Lipinski definition) is 4. The Morgan fingerprint density at radius 2 is 2.42 bits per heavy atom. The maximum absolute atomic E-state index is 10.3. The number of carbonyl (C=O) groups is 1. The molecule has 0 bridgehead atoms. The summed E-state index contributed by atoms with van der Waals surface area (Å²) in [6.07, 6.45) is 1.92. The van der Waals surface area contributed by atoms with Crippen LogP contribution in [0.4, 0.5) is 0 Å². The van der Waals surface area contributed by atoms with E-state index in [2.05, 4.69) is 4.74 Å². The zero-order valence-electron chi connectivity index (χ0n) is 7.25. The van der Waals surface area contributed by atoms with Crippen LogP contribution in [-0.4, -0.2) is 32.1 Å². The fraction of sp³-hybridized carbons (Fsp3) is 0.875. The molecule has 0 N–H and O–H groups in total. The zero-order chi connectivity index (χ0) is 8.81. The summed E-state index contributed by atoms with van der Waals surface area (Å²) in [6, 6.07) is 0. The molecule has 1 rings (SSSR count). The second-order valence-electron chi connectivity index (χ2n) is 2.65. The Hall–Kier alpha value is -0.610. The lowest BCUT2D eigenvalue weighted by Crippen LogP contribution is -2.15. The normalized spacial score (nSPS) is 22.6. The molecule has 1 fully saturated rings. The van der Waals surface area contributed by atoms with Gasteiger partial charge < -0.3 is 14.2 Å². The zero-order valence-corrected chi connectivity index (χ0v) is 7.25. The highest BCUT2D eigenvalue weighted by molar-refractivity contribution is 5.65. The molecule has 1 aliphatic rings. The maximum Gasteiger partial charge on any atom is 0.302 e. The molecule has 70 valence electrons. The summed E-state index contributed by atoms with van der Waals surface area (Å²) in [4.78, 5) is 10.3. The lowest BCUT2D eigenvalue weighted by atomic mass is 10.4. The highest BCUT2D eigenvalue weighted by Gasteiger charge is 2.15. The number of hydrogen-bond donors (Lipinski definition) is 0. The van der Waals surface area contributed by atoms with Gasteiger partial charge in [-0.3, -0.25) is 4.79 Å². The van der Waals surface area contributed by atoms with Gasteiger partial charge in [0.2, 0.25) is 0 Å². The third kappa shape index (κ3) is 3.69. The van der Waals surface area contributed by atoms with E-state index >= 15 is 0 Å². The van der Waals surface area contributed by atoms with Gasteiger partial charge in [0.15, 0.2) is 6.29 Å². The van der Waals surface area contributed by atoms with Crippen molar-refractivity contribution in [3.63, 3.8) is 0 Å². The van der Waals surface area contributed by atoms with Gasteiger partial charge in [0.05, 0.1) is 6.61 Å². The average molecular weight is 174 g/mol. The third-order valence-corrected chi connectivity index (χ3v) is 1.58. The van der Waals surface area contributed by atoms with Crippen molar-refractivity contribution in [3.05, 3.63) is 0 Å². The fourth-order valence-corrected chi connectivity index (χ4v) is 1.04. The van der Waals surface area contributed by atoms with Crippen molar-refractivity contribution in [3.8, 4) is 0 Å². The van der Waals surface area contributed by atoms with E-state index in [1.54, 1.807) is 0 Å². The molecule has 0 aromatic heterocycles. The lowest BCUT2D eigenvalue weighted by molar-refractivity contribution is -0.150. The summed E-state index contributed by atoms with van der Waals surface area (Å²) in [5.74, 6) is -0.272. The molecule has 0 spiro atoms. The van der Waals surface area contributed by atoms with Gasteiger partial charge in [0.1, 0.15) is 6.61 Å². The van der Waals surface area contributed by atoms with E-state index in [0.29, 0.717) is 13.2 Å². The van der Waals surface area contributed by atoms with Crippen LogP contribution in [0.5, 0.6) is 0 Å². The second-order valence-corrected chi connectivity index (χ2v) is 2.65. The summed E-state index contributed by atoms with van der Waals surface area (Å²) in [5, 5.41) is 0. The minimum Gasteiger partial charge on any atom is -0.463 e. The van der Waals surface area contributed by atoms with Gasteiger partial charge in [0, 0.05) is 20.0 Å². The molecule has 0 aliphatic carbocycles. The molecule has 0 aromatic rings. The first kappa shape index (κ1) is 9.48. The van der Waals surface area contributed by atoms with Crippen LogP contribution in [0.15, 0.2) is 0 Å². The Bertz CT molecular complexity index is 140. The monoisotopic (exact) mass is 174 g/mol. The van der Waals surface area contributed by atoms with Gasteiger partial charge >= 0.3 is 5.97 Å². The van der Waals surface area contributed by atoms with E-state index in [-0.39, 0.29) is 12.3 Å². The smallest absolute Gasteiger partial charge is 0.302 e.